The van der Waals surface area contributed by atoms with Crippen molar-refractivity contribution in [3.05, 3.63) is 45.3 Å². The maximum atomic E-state index is 9.94. The highest BCUT2D eigenvalue weighted by Crippen LogP contribution is 2.55. The minimum atomic E-state index is -1.52. The predicted octanol–water partition coefficient (Wildman–Crippen LogP) is 2.88. The van der Waals surface area contributed by atoms with Crippen LogP contribution >= 0.6 is 11.3 Å². The Morgan fingerprint density at radius 2 is 2.04 bits per heavy atom. The topological polar surface area (TPSA) is 101 Å². The zero-order chi connectivity index (χ0) is 18.2. The average molecular weight is 349 g/mol. The van der Waals surface area contributed by atoms with Gasteiger partial charge in [0.2, 0.25) is 0 Å². The molecule has 1 aliphatic heterocycles. The number of nitrogens with two attached hydrogens (primary N) is 1. The molecule has 0 spiro atoms. The molecule has 0 amide bonds. The summed E-state index contributed by atoms with van der Waals surface area (Å²) in [4.78, 5) is 3.26. The van der Waals surface area contributed by atoms with E-state index >= 15 is 0 Å². The van der Waals surface area contributed by atoms with Crippen molar-refractivity contribution in [1.29, 1.82) is 15.8 Å². The third-order valence-corrected chi connectivity index (χ3v) is 6.23. The lowest BCUT2D eigenvalue weighted by Gasteiger charge is -2.45. The zero-order valence-electron chi connectivity index (χ0n) is 14.2. The summed E-state index contributed by atoms with van der Waals surface area (Å²) in [5.41, 5.74) is 6.03. The third-order valence-electron chi connectivity index (χ3n) is 5.27. The fourth-order valence-corrected chi connectivity index (χ4v) is 4.86. The summed E-state index contributed by atoms with van der Waals surface area (Å²) < 4.78 is 0. The van der Waals surface area contributed by atoms with Gasteiger partial charge in [0.25, 0.3) is 0 Å². The fourth-order valence-electron chi connectivity index (χ4n) is 3.90. The lowest BCUT2D eigenvalue weighted by atomic mass is 9.59. The van der Waals surface area contributed by atoms with Crippen molar-refractivity contribution in [2.75, 3.05) is 13.1 Å². The van der Waals surface area contributed by atoms with E-state index in [-0.39, 0.29) is 17.5 Å². The zero-order valence-corrected chi connectivity index (χ0v) is 15.0. The summed E-state index contributed by atoms with van der Waals surface area (Å²) in [5, 5.41) is 31.5. The van der Waals surface area contributed by atoms with Gasteiger partial charge < -0.3 is 5.73 Å². The van der Waals surface area contributed by atoms with Crippen LogP contribution in [0.4, 0.5) is 0 Å². The molecule has 0 radical (unpaired) electrons. The maximum absolute atomic E-state index is 9.94. The molecule has 1 aromatic heterocycles. The number of hydrogen-bond acceptors (Lipinski definition) is 6. The molecule has 126 valence electrons. The number of fused-ring (bicyclic) bond motifs is 1. The van der Waals surface area contributed by atoms with Crippen LogP contribution in [0.1, 0.15) is 24.6 Å². The Kier molecular flexibility index (Phi) is 4.39. The molecule has 0 fully saturated rings. The van der Waals surface area contributed by atoms with Crippen molar-refractivity contribution >= 4 is 11.3 Å². The Hall–Kier alpha value is -2.59. The molecule has 2 heterocycles. The van der Waals surface area contributed by atoms with E-state index in [1.807, 2.05) is 23.6 Å². The number of nitriles is 3. The molecular formula is C19H19N5S. The van der Waals surface area contributed by atoms with Crippen LogP contribution in [0.2, 0.25) is 0 Å². The van der Waals surface area contributed by atoms with E-state index in [0.29, 0.717) is 18.2 Å². The van der Waals surface area contributed by atoms with Gasteiger partial charge in [0.15, 0.2) is 5.41 Å². The summed E-state index contributed by atoms with van der Waals surface area (Å²) >= 11 is 1.53. The Bertz CT molecular complexity index is 843. The second kappa shape index (κ2) is 6.37. The van der Waals surface area contributed by atoms with Gasteiger partial charge in [-0.05, 0) is 30.9 Å². The van der Waals surface area contributed by atoms with Crippen molar-refractivity contribution in [3.8, 4) is 18.2 Å². The molecule has 0 saturated heterocycles. The highest BCUT2D eigenvalue weighted by molar-refractivity contribution is 7.10. The molecule has 25 heavy (non-hydrogen) atoms. The second-order valence-corrected chi connectivity index (χ2v) is 7.72. The Balaban J connectivity index is 2.28. The molecule has 2 atom stereocenters. The molecule has 3 rings (SSSR count). The van der Waals surface area contributed by atoms with Crippen LogP contribution < -0.4 is 5.73 Å². The van der Waals surface area contributed by atoms with Crippen molar-refractivity contribution in [1.82, 2.24) is 4.90 Å². The van der Waals surface area contributed by atoms with Crippen molar-refractivity contribution in [2.45, 2.75) is 25.8 Å². The number of nitrogens with zero attached hydrogens (tertiary/aromatic N) is 4. The highest BCUT2D eigenvalue weighted by atomic mass is 32.1. The third kappa shape index (κ3) is 2.45. The first-order chi connectivity index (χ1) is 12.0. The average Bonchev–Trinajstić information content (AvgIpc) is 3.14. The smallest absolute Gasteiger partial charge is 0.192 e. The lowest BCUT2D eigenvalue weighted by Crippen LogP contribution is -2.49. The molecular weight excluding hydrogens is 330 g/mol. The van der Waals surface area contributed by atoms with Gasteiger partial charge in [-0.15, -0.1) is 11.3 Å². The normalized spacial score (nSPS) is 25.5. The molecule has 2 aliphatic rings. The van der Waals surface area contributed by atoms with Crippen LogP contribution in [-0.4, -0.2) is 24.0 Å². The van der Waals surface area contributed by atoms with Crippen molar-refractivity contribution in [3.63, 3.8) is 0 Å². The molecule has 0 aromatic carbocycles. The summed E-state index contributed by atoms with van der Waals surface area (Å²) in [6.45, 7) is 5.69. The van der Waals surface area contributed by atoms with E-state index in [1.54, 1.807) is 0 Å². The quantitative estimate of drug-likeness (QED) is 0.884. The molecule has 0 bridgehead atoms. The number of thiophene rings is 1. The molecule has 6 heteroatoms. The van der Waals surface area contributed by atoms with Crippen molar-refractivity contribution < 1.29 is 0 Å². The largest absolute Gasteiger partial charge is 0.399 e. The highest BCUT2D eigenvalue weighted by Gasteiger charge is 2.54. The predicted molar refractivity (Wildman–Crippen MR) is 95.8 cm³/mol. The minimum Gasteiger partial charge on any atom is -0.399 e. The SMILES string of the molecule is CC(C)N1CC=C2C(C#N)=C(N)C(C#N)(C#N)[C@@H](c3cccs3)[C@H]2C1. The maximum Gasteiger partial charge on any atom is 0.192 e. The minimum absolute atomic E-state index is 0.0962. The standard InChI is InChI=1S/C19H19N5S/c1-12(2)24-6-5-13-14(8-20)18(23)19(10-21,11-22)17(15(13)9-24)16-4-3-7-25-16/h3-5,7,12,15,17H,6,9,23H2,1-2H3/t15-,17+/m0/s1. The number of allylic oxidation sites excluding steroid dienone is 2. The fraction of sp³-hybridized carbons (Fsp3) is 0.421. The first kappa shape index (κ1) is 17.2. The van der Waals surface area contributed by atoms with Gasteiger partial charge in [-0.1, -0.05) is 12.1 Å². The van der Waals surface area contributed by atoms with Gasteiger partial charge in [0.05, 0.1) is 23.4 Å². The summed E-state index contributed by atoms with van der Waals surface area (Å²) in [5.74, 6) is -0.469. The molecule has 2 N–H and O–H groups in total. The summed E-state index contributed by atoms with van der Waals surface area (Å²) in [6.07, 6.45) is 2.04. The molecule has 5 nitrogen and oxygen atoms in total. The van der Waals surface area contributed by atoms with Crippen LogP contribution in [0.3, 0.4) is 0 Å². The first-order valence-electron chi connectivity index (χ1n) is 8.20. The van der Waals surface area contributed by atoms with Gasteiger partial charge in [-0.2, -0.15) is 15.8 Å². The molecule has 1 aromatic rings. The van der Waals surface area contributed by atoms with Gasteiger partial charge >= 0.3 is 0 Å². The van der Waals surface area contributed by atoms with Gasteiger partial charge in [-0.3, -0.25) is 4.90 Å². The van der Waals surface area contributed by atoms with E-state index < -0.39 is 5.41 Å². The van der Waals surface area contributed by atoms with E-state index in [9.17, 15) is 15.8 Å². The van der Waals surface area contributed by atoms with E-state index in [1.165, 1.54) is 11.3 Å². The van der Waals surface area contributed by atoms with Crippen LogP contribution in [0, 0.1) is 45.3 Å². The summed E-state index contributed by atoms with van der Waals surface area (Å²) in [6, 6.07) is 10.7. The van der Waals surface area contributed by atoms with Gasteiger partial charge in [-0.25, -0.2) is 0 Å². The van der Waals surface area contributed by atoms with Gasteiger partial charge in [0.1, 0.15) is 6.07 Å². The van der Waals surface area contributed by atoms with E-state index in [4.69, 9.17) is 5.73 Å². The monoisotopic (exact) mass is 349 g/mol. The van der Waals surface area contributed by atoms with Crippen LogP contribution in [-0.2, 0) is 0 Å². The Morgan fingerprint density at radius 3 is 2.56 bits per heavy atom. The van der Waals surface area contributed by atoms with Crippen LogP contribution in [0.15, 0.2) is 40.4 Å². The second-order valence-electron chi connectivity index (χ2n) is 6.74. The van der Waals surface area contributed by atoms with Gasteiger partial charge in [0, 0.05) is 35.8 Å². The molecule has 0 saturated carbocycles. The summed E-state index contributed by atoms with van der Waals surface area (Å²) in [7, 11) is 0. The van der Waals surface area contributed by atoms with Crippen LogP contribution in [0.25, 0.3) is 0 Å². The number of rotatable bonds is 2. The number of hydrogen-bond donors (Lipinski definition) is 1. The van der Waals surface area contributed by atoms with E-state index in [2.05, 4.69) is 37.0 Å². The lowest BCUT2D eigenvalue weighted by molar-refractivity contribution is 0.175. The first-order valence-corrected chi connectivity index (χ1v) is 9.08. The Labute approximate surface area is 151 Å². The van der Waals surface area contributed by atoms with E-state index in [0.717, 1.165) is 17.0 Å². The van der Waals surface area contributed by atoms with Crippen molar-refractivity contribution in [2.24, 2.45) is 17.1 Å². The molecule has 1 aliphatic carbocycles. The molecule has 0 unspecified atom stereocenters. The van der Waals surface area contributed by atoms with Crippen LogP contribution in [0.5, 0.6) is 0 Å². The Morgan fingerprint density at radius 1 is 1.32 bits per heavy atom.